The Morgan fingerprint density at radius 1 is 0.840 bits per heavy atom. The molecule has 0 bridgehead atoms. The summed E-state index contributed by atoms with van der Waals surface area (Å²) < 4.78 is 0. The van der Waals surface area contributed by atoms with Crippen LogP contribution in [0.5, 0.6) is 0 Å². The zero-order valence-corrected chi connectivity index (χ0v) is 15.4. The average molecular weight is 332 g/mol. The maximum atomic E-state index is 5.12. The standard InChI is InChI=1S/C23H28N2/c1-3-5-17-25-22(20-15-10-7-11-16-20)18-21(24-23(25)12-4-2)19-13-8-6-9-14-19/h6-11,13-16,18,23H,3-5,12,17H2,1-2H3. The van der Waals surface area contributed by atoms with Crippen molar-refractivity contribution in [2.24, 2.45) is 4.99 Å². The molecule has 2 aromatic carbocycles. The van der Waals surface area contributed by atoms with Crippen molar-refractivity contribution in [1.29, 1.82) is 0 Å². The molecule has 1 aliphatic rings. The zero-order chi connectivity index (χ0) is 17.5. The number of hydrogen-bond donors (Lipinski definition) is 0. The van der Waals surface area contributed by atoms with Crippen LogP contribution in [0.25, 0.3) is 5.70 Å². The lowest BCUT2D eigenvalue weighted by Crippen LogP contribution is -2.37. The lowest BCUT2D eigenvalue weighted by atomic mass is 10.0. The van der Waals surface area contributed by atoms with E-state index in [0.717, 1.165) is 25.1 Å². The normalized spacial score (nSPS) is 17.2. The lowest BCUT2D eigenvalue weighted by molar-refractivity contribution is 0.278. The number of rotatable bonds is 7. The summed E-state index contributed by atoms with van der Waals surface area (Å²) in [5.41, 5.74) is 4.89. The molecule has 0 radical (unpaired) electrons. The monoisotopic (exact) mass is 332 g/mol. The average Bonchev–Trinajstić information content (AvgIpc) is 2.68. The first-order valence-electron chi connectivity index (χ1n) is 9.50. The van der Waals surface area contributed by atoms with Gasteiger partial charge in [0.05, 0.1) is 5.71 Å². The van der Waals surface area contributed by atoms with Gasteiger partial charge in [-0.15, -0.1) is 0 Å². The number of nitrogens with zero attached hydrogens (tertiary/aromatic N) is 2. The predicted molar refractivity (Wildman–Crippen MR) is 108 cm³/mol. The Kier molecular flexibility index (Phi) is 6.05. The summed E-state index contributed by atoms with van der Waals surface area (Å²) >= 11 is 0. The number of benzene rings is 2. The number of hydrogen-bond acceptors (Lipinski definition) is 2. The first-order valence-corrected chi connectivity index (χ1v) is 9.50. The Hall–Kier alpha value is -2.35. The maximum Gasteiger partial charge on any atom is 0.121 e. The smallest absolute Gasteiger partial charge is 0.121 e. The third-order valence-electron chi connectivity index (χ3n) is 4.67. The molecule has 1 unspecified atom stereocenters. The predicted octanol–water partition coefficient (Wildman–Crippen LogP) is 5.76. The van der Waals surface area contributed by atoms with E-state index < -0.39 is 0 Å². The summed E-state index contributed by atoms with van der Waals surface area (Å²) in [4.78, 5) is 7.63. The van der Waals surface area contributed by atoms with Gasteiger partial charge in [-0.2, -0.15) is 0 Å². The van der Waals surface area contributed by atoms with Gasteiger partial charge in [0.15, 0.2) is 0 Å². The molecule has 0 fully saturated rings. The molecule has 1 atom stereocenters. The topological polar surface area (TPSA) is 15.6 Å². The van der Waals surface area contributed by atoms with Crippen LogP contribution in [0, 0.1) is 0 Å². The van der Waals surface area contributed by atoms with Crippen molar-refractivity contribution >= 4 is 11.4 Å². The fraction of sp³-hybridized carbons (Fsp3) is 0.348. The van der Waals surface area contributed by atoms with Crippen molar-refractivity contribution in [2.45, 2.75) is 45.7 Å². The minimum Gasteiger partial charge on any atom is -0.349 e. The molecular weight excluding hydrogens is 304 g/mol. The van der Waals surface area contributed by atoms with Gasteiger partial charge in [0, 0.05) is 12.2 Å². The molecular formula is C23H28N2. The quantitative estimate of drug-likeness (QED) is 0.629. The second-order valence-corrected chi connectivity index (χ2v) is 6.59. The van der Waals surface area contributed by atoms with E-state index >= 15 is 0 Å². The number of allylic oxidation sites excluding steroid dienone is 1. The highest BCUT2D eigenvalue weighted by molar-refractivity contribution is 6.12. The molecule has 0 amide bonds. The van der Waals surface area contributed by atoms with Crippen LogP contribution in [0.4, 0.5) is 0 Å². The summed E-state index contributed by atoms with van der Waals surface area (Å²) in [6, 6.07) is 21.3. The lowest BCUT2D eigenvalue weighted by Gasteiger charge is -2.37. The summed E-state index contributed by atoms with van der Waals surface area (Å²) in [6.45, 7) is 5.56. The van der Waals surface area contributed by atoms with Crippen LogP contribution in [0.3, 0.4) is 0 Å². The van der Waals surface area contributed by atoms with E-state index in [9.17, 15) is 0 Å². The van der Waals surface area contributed by atoms with E-state index in [0.29, 0.717) is 0 Å². The van der Waals surface area contributed by atoms with Gasteiger partial charge in [0.2, 0.25) is 0 Å². The molecule has 2 nitrogen and oxygen atoms in total. The van der Waals surface area contributed by atoms with E-state index in [1.807, 2.05) is 0 Å². The van der Waals surface area contributed by atoms with Crippen molar-refractivity contribution < 1.29 is 0 Å². The Balaban J connectivity index is 2.04. The molecule has 25 heavy (non-hydrogen) atoms. The zero-order valence-electron chi connectivity index (χ0n) is 15.4. The van der Waals surface area contributed by atoms with Crippen LogP contribution >= 0.6 is 0 Å². The van der Waals surface area contributed by atoms with Crippen molar-refractivity contribution in [3.05, 3.63) is 77.9 Å². The van der Waals surface area contributed by atoms with Crippen LogP contribution in [0.15, 0.2) is 71.7 Å². The van der Waals surface area contributed by atoms with E-state index in [4.69, 9.17) is 4.99 Å². The summed E-state index contributed by atoms with van der Waals surface area (Å²) in [7, 11) is 0. The molecule has 1 heterocycles. The highest BCUT2D eigenvalue weighted by Crippen LogP contribution is 2.29. The second kappa shape index (κ2) is 8.66. The molecule has 2 heteroatoms. The Labute approximate surface area is 151 Å². The SMILES string of the molecule is CCCCN1C(c2ccccc2)=CC(c2ccccc2)=NC1CCC. The molecule has 1 aliphatic heterocycles. The minimum absolute atomic E-state index is 0.229. The second-order valence-electron chi connectivity index (χ2n) is 6.59. The summed E-state index contributed by atoms with van der Waals surface area (Å²) in [5.74, 6) is 0. The summed E-state index contributed by atoms with van der Waals surface area (Å²) in [6.07, 6.45) is 7.12. The van der Waals surface area contributed by atoms with Crippen LogP contribution in [-0.4, -0.2) is 23.3 Å². The van der Waals surface area contributed by atoms with E-state index in [-0.39, 0.29) is 6.17 Å². The number of aliphatic imine (C=N–C) groups is 1. The number of unbranched alkanes of at least 4 members (excludes halogenated alkanes) is 1. The van der Waals surface area contributed by atoms with Crippen LogP contribution in [0.1, 0.15) is 50.7 Å². The molecule has 2 aromatic rings. The Bertz CT molecular complexity index is 716. The fourth-order valence-corrected chi connectivity index (χ4v) is 3.34. The minimum atomic E-state index is 0.229. The van der Waals surface area contributed by atoms with E-state index in [1.54, 1.807) is 0 Å². The Morgan fingerprint density at radius 3 is 2.08 bits per heavy atom. The van der Waals surface area contributed by atoms with Crippen LogP contribution < -0.4 is 0 Å². The van der Waals surface area contributed by atoms with Gasteiger partial charge in [0.25, 0.3) is 0 Å². The van der Waals surface area contributed by atoms with Crippen molar-refractivity contribution in [3.8, 4) is 0 Å². The first kappa shape index (κ1) is 17.5. The highest BCUT2D eigenvalue weighted by atomic mass is 15.3. The van der Waals surface area contributed by atoms with E-state index in [2.05, 4.69) is 85.5 Å². The fourth-order valence-electron chi connectivity index (χ4n) is 3.34. The molecule has 0 saturated carbocycles. The molecule has 0 saturated heterocycles. The first-order chi connectivity index (χ1) is 12.3. The third kappa shape index (κ3) is 4.19. The van der Waals surface area contributed by atoms with Gasteiger partial charge in [0.1, 0.15) is 6.17 Å². The van der Waals surface area contributed by atoms with Gasteiger partial charge in [-0.05, 0) is 30.0 Å². The third-order valence-corrected chi connectivity index (χ3v) is 4.67. The highest BCUT2D eigenvalue weighted by Gasteiger charge is 2.25. The molecule has 0 spiro atoms. The van der Waals surface area contributed by atoms with Gasteiger partial charge >= 0.3 is 0 Å². The molecule has 3 rings (SSSR count). The van der Waals surface area contributed by atoms with Gasteiger partial charge in [-0.25, -0.2) is 0 Å². The van der Waals surface area contributed by atoms with Crippen molar-refractivity contribution in [1.82, 2.24) is 4.90 Å². The van der Waals surface area contributed by atoms with Crippen LogP contribution in [0.2, 0.25) is 0 Å². The Morgan fingerprint density at radius 2 is 1.48 bits per heavy atom. The molecule has 0 aromatic heterocycles. The van der Waals surface area contributed by atoms with Gasteiger partial charge in [-0.1, -0.05) is 87.4 Å². The van der Waals surface area contributed by atoms with E-state index in [1.165, 1.54) is 29.7 Å². The maximum absolute atomic E-state index is 5.12. The molecule has 130 valence electrons. The summed E-state index contributed by atoms with van der Waals surface area (Å²) in [5, 5.41) is 0. The van der Waals surface area contributed by atoms with Gasteiger partial charge < -0.3 is 4.90 Å². The molecule has 0 aliphatic carbocycles. The largest absolute Gasteiger partial charge is 0.349 e. The van der Waals surface area contributed by atoms with Crippen molar-refractivity contribution in [2.75, 3.05) is 6.54 Å². The van der Waals surface area contributed by atoms with Gasteiger partial charge in [-0.3, -0.25) is 4.99 Å². The van der Waals surface area contributed by atoms with Crippen LogP contribution in [-0.2, 0) is 0 Å². The molecule has 0 N–H and O–H groups in total. The van der Waals surface area contributed by atoms with Crippen molar-refractivity contribution in [3.63, 3.8) is 0 Å².